The van der Waals surface area contributed by atoms with Gasteiger partial charge in [-0.3, -0.25) is 14.6 Å². The summed E-state index contributed by atoms with van der Waals surface area (Å²) in [6.07, 6.45) is 3.80. The van der Waals surface area contributed by atoms with E-state index in [9.17, 15) is 9.59 Å². The summed E-state index contributed by atoms with van der Waals surface area (Å²) in [6, 6.07) is 4.98. The summed E-state index contributed by atoms with van der Waals surface area (Å²) < 4.78 is 0. The number of nitrogens with two attached hydrogens (primary N) is 1. The van der Waals surface area contributed by atoms with E-state index in [-0.39, 0.29) is 42.7 Å². The first-order chi connectivity index (χ1) is 10.6. The molecule has 0 aliphatic heterocycles. The standard InChI is InChI=1S/C15H18N4O2S.2ClH/c1-10(16)2-8-18-15(21)13-12(5-9-22-13)19-14(20)11-3-6-17-7-4-11;;/h3-7,9-10H,2,8,16H2,1H3,(H,18,21)(H,19,20);2*1H. The first-order valence-electron chi connectivity index (χ1n) is 6.90. The summed E-state index contributed by atoms with van der Waals surface area (Å²) in [5, 5.41) is 7.31. The van der Waals surface area contributed by atoms with Crippen molar-refractivity contribution in [2.75, 3.05) is 11.9 Å². The Morgan fingerprint density at radius 3 is 2.50 bits per heavy atom. The lowest BCUT2D eigenvalue weighted by Gasteiger charge is -2.09. The zero-order valence-corrected chi connectivity index (χ0v) is 15.5. The zero-order chi connectivity index (χ0) is 15.9. The van der Waals surface area contributed by atoms with Gasteiger partial charge in [-0.25, -0.2) is 0 Å². The molecule has 0 aliphatic rings. The minimum absolute atomic E-state index is 0. The Kier molecular flexibility index (Phi) is 10.2. The van der Waals surface area contributed by atoms with Crippen LogP contribution in [0.15, 0.2) is 36.0 Å². The summed E-state index contributed by atoms with van der Waals surface area (Å²) >= 11 is 1.28. The van der Waals surface area contributed by atoms with Crippen LogP contribution < -0.4 is 16.4 Å². The van der Waals surface area contributed by atoms with E-state index >= 15 is 0 Å². The molecule has 0 fully saturated rings. The average molecular weight is 391 g/mol. The number of thiophene rings is 1. The predicted octanol–water partition coefficient (Wildman–Crippen LogP) is 2.71. The number of anilines is 1. The molecule has 24 heavy (non-hydrogen) atoms. The molecule has 2 heterocycles. The maximum atomic E-state index is 12.1. The highest BCUT2D eigenvalue weighted by Gasteiger charge is 2.15. The molecule has 0 radical (unpaired) electrons. The Hall–Kier alpha value is -1.67. The van der Waals surface area contributed by atoms with Crippen molar-refractivity contribution in [2.45, 2.75) is 19.4 Å². The minimum atomic E-state index is -0.273. The van der Waals surface area contributed by atoms with Crippen LogP contribution in [0.2, 0.25) is 0 Å². The van der Waals surface area contributed by atoms with E-state index in [1.807, 2.05) is 6.92 Å². The van der Waals surface area contributed by atoms with Gasteiger partial charge in [-0.05, 0) is 36.9 Å². The van der Waals surface area contributed by atoms with Gasteiger partial charge in [0.1, 0.15) is 4.88 Å². The molecule has 132 valence electrons. The maximum Gasteiger partial charge on any atom is 0.263 e. The molecule has 0 spiro atoms. The lowest BCUT2D eigenvalue weighted by atomic mass is 10.2. The van der Waals surface area contributed by atoms with E-state index < -0.39 is 0 Å². The third-order valence-electron chi connectivity index (χ3n) is 2.95. The van der Waals surface area contributed by atoms with Gasteiger partial charge in [-0.15, -0.1) is 36.2 Å². The summed E-state index contributed by atoms with van der Waals surface area (Å²) in [4.78, 5) is 28.6. The Balaban J connectivity index is 0.00000264. The van der Waals surface area contributed by atoms with E-state index in [1.54, 1.807) is 36.0 Å². The summed E-state index contributed by atoms with van der Waals surface area (Å²) in [5.41, 5.74) is 6.64. The topological polar surface area (TPSA) is 97.1 Å². The second-order valence-corrected chi connectivity index (χ2v) is 5.79. The third-order valence-corrected chi connectivity index (χ3v) is 3.86. The first-order valence-corrected chi connectivity index (χ1v) is 7.78. The second-order valence-electron chi connectivity index (χ2n) is 4.88. The Morgan fingerprint density at radius 1 is 1.21 bits per heavy atom. The highest BCUT2D eigenvalue weighted by atomic mass is 35.5. The fourth-order valence-electron chi connectivity index (χ4n) is 1.77. The Bertz CT molecular complexity index is 650. The third kappa shape index (κ3) is 6.45. The largest absolute Gasteiger partial charge is 0.351 e. The molecule has 0 aromatic carbocycles. The number of nitrogens with one attached hydrogen (secondary N) is 2. The molecule has 0 bridgehead atoms. The summed E-state index contributed by atoms with van der Waals surface area (Å²) in [6.45, 7) is 2.39. The number of amides is 2. The fourth-order valence-corrected chi connectivity index (χ4v) is 2.54. The van der Waals surface area contributed by atoms with E-state index in [4.69, 9.17) is 5.73 Å². The molecule has 0 aliphatic carbocycles. The van der Waals surface area contributed by atoms with Crippen molar-refractivity contribution in [3.8, 4) is 0 Å². The minimum Gasteiger partial charge on any atom is -0.351 e. The lowest BCUT2D eigenvalue weighted by molar-refractivity contribution is 0.0957. The van der Waals surface area contributed by atoms with Crippen molar-refractivity contribution >= 4 is 53.7 Å². The van der Waals surface area contributed by atoms with Crippen molar-refractivity contribution in [1.29, 1.82) is 0 Å². The van der Waals surface area contributed by atoms with Gasteiger partial charge in [0, 0.05) is 30.5 Å². The SMILES string of the molecule is CC(N)CCNC(=O)c1sccc1NC(=O)c1ccncc1.Cl.Cl. The maximum absolute atomic E-state index is 12.1. The van der Waals surface area contributed by atoms with Gasteiger partial charge < -0.3 is 16.4 Å². The van der Waals surface area contributed by atoms with Crippen LogP contribution >= 0.6 is 36.2 Å². The van der Waals surface area contributed by atoms with Crippen LogP contribution in [0.5, 0.6) is 0 Å². The molecular formula is C15H20Cl2N4O2S. The summed E-state index contributed by atoms with van der Waals surface area (Å²) in [5.74, 6) is -0.480. The molecule has 1 atom stereocenters. The fraction of sp³-hybridized carbons (Fsp3) is 0.267. The lowest BCUT2D eigenvalue weighted by Crippen LogP contribution is -2.29. The number of carbonyl (C=O) groups is 2. The smallest absolute Gasteiger partial charge is 0.263 e. The monoisotopic (exact) mass is 390 g/mol. The van der Waals surface area contributed by atoms with E-state index in [0.29, 0.717) is 29.1 Å². The number of rotatable bonds is 6. The molecule has 6 nitrogen and oxygen atoms in total. The quantitative estimate of drug-likeness (QED) is 0.705. The van der Waals surface area contributed by atoms with Gasteiger partial charge in [0.25, 0.3) is 11.8 Å². The van der Waals surface area contributed by atoms with Gasteiger partial charge in [-0.1, -0.05) is 0 Å². The van der Waals surface area contributed by atoms with Gasteiger partial charge in [0.15, 0.2) is 0 Å². The normalized spacial score (nSPS) is 10.8. The van der Waals surface area contributed by atoms with Gasteiger partial charge in [0.2, 0.25) is 0 Å². The molecule has 9 heteroatoms. The van der Waals surface area contributed by atoms with Crippen LogP contribution in [0.4, 0.5) is 5.69 Å². The van der Waals surface area contributed by atoms with Gasteiger partial charge in [0.05, 0.1) is 5.69 Å². The first kappa shape index (κ1) is 22.3. The summed E-state index contributed by atoms with van der Waals surface area (Å²) in [7, 11) is 0. The van der Waals surface area contributed by atoms with Crippen molar-refractivity contribution in [1.82, 2.24) is 10.3 Å². The van der Waals surface area contributed by atoms with Gasteiger partial charge in [-0.2, -0.15) is 0 Å². The van der Waals surface area contributed by atoms with Crippen molar-refractivity contribution in [3.05, 3.63) is 46.4 Å². The number of aromatic nitrogens is 1. The molecular weight excluding hydrogens is 371 g/mol. The molecule has 4 N–H and O–H groups in total. The number of nitrogens with zero attached hydrogens (tertiary/aromatic N) is 1. The molecule has 1 unspecified atom stereocenters. The van der Waals surface area contributed by atoms with Crippen LogP contribution in [0.3, 0.4) is 0 Å². The number of carbonyl (C=O) groups excluding carboxylic acids is 2. The predicted molar refractivity (Wildman–Crippen MR) is 102 cm³/mol. The van der Waals surface area contributed by atoms with E-state index in [1.165, 1.54) is 11.3 Å². The van der Waals surface area contributed by atoms with Crippen LogP contribution in [0.1, 0.15) is 33.4 Å². The van der Waals surface area contributed by atoms with Crippen molar-refractivity contribution < 1.29 is 9.59 Å². The molecule has 2 rings (SSSR count). The highest BCUT2D eigenvalue weighted by Crippen LogP contribution is 2.22. The van der Waals surface area contributed by atoms with E-state index in [0.717, 1.165) is 0 Å². The number of halogens is 2. The molecule has 2 amide bonds. The van der Waals surface area contributed by atoms with Crippen LogP contribution in [-0.4, -0.2) is 29.4 Å². The van der Waals surface area contributed by atoms with Crippen LogP contribution in [0, 0.1) is 0 Å². The van der Waals surface area contributed by atoms with Crippen molar-refractivity contribution in [2.24, 2.45) is 5.73 Å². The number of hydrogen-bond acceptors (Lipinski definition) is 5. The number of hydrogen-bond donors (Lipinski definition) is 3. The average Bonchev–Trinajstić information content (AvgIpc) is 2.96. The molecule has 0 saturated carbocycles. The van der Waals surface area contributed by atoms with Crippen molar-refractivity contribution in [3.63, 3.8) is 0 Å². The number of pyridine rings is 1. The molecule has 2 aromatic heterocycles. The van der Waals surface area contributed by atoms with E-state index in [2.05, 4.69) is 15.6 Å². The van der Waals surface area contributed by atoms with Crippen LogP contribution in [-0.2, 0) is 0 Å². The molecule has 2 aromatic rings. The Labute approximate surface area is 157 Å². The molecule has 0 saturated heterocycles. The zero-order valence-electron chi connectivity index (χ0n) is 13.0. The second kappa shape index (κ2) is 11.0. The Morgan fingerprint density at radius 2 is 1.88 bits per heavy atom. The highest BCUT2D eigenvalue weighted by molar-refractivity contribution is 7.12. The van der Waals surface area contributed by atoms with Crippen LogP contribution in [0.25, 0.3) is 0 Å². The van der Waals surface area contributed by atoms with Gasteiger partial charge >= 0.3 is 0 Å².